The fourth-order valence-corrected chi connectivity index (χ4v) is 4.69. The number of hydrogen-bond donors (Lipinski definition) is 0. The van der Waals surface area contributed by atoms with Crippen LogP contribution in [0.15, 0.2) is 52.9 Å². The molecule has 0 atom stereocenters. The molecule has 0 fully saturated rings. The van der Waals surface area contributed by atoms with E-state index in [1.54, 1.807) is 12.1 Å². The van der Waals surface area contributed by atoms with Gasteiger partial charge in [-0.25, -0.2) is 0 Å². The van der Waals surface area contributed by atoms with Gasteiger partial charge in [-0.1, -0.05) is 0 Å². The Morgan fingerprint density at radius 2 is 2.00 bits per heavy atom. The molecule has 5 nitrogen and oxygen atoms in total. The van der Waals surface area contributed by atoms with E-state index in [9.17, 15) is 4.79 Å². The minimum absolute atomic E-state index is 0.186. The van der Waals surface area contributed by atoms with Gasteiger partial charge in [-0.3, -0.25) is 0 Å². The van der Waals surface area contributed by atoms with Crippen molar-refractivity contribution in [1.29, 1.82) is 0 Å². The first-order valence-electron chi connectivity index (χ1n) is 7.40. The normalized spacial score (nSPS) is 11.1. The monoisotopic (exact) mass is 386 g/mol. The number of nitrogens with zero attached hydrogens (tertiary/aromatic N) is 2. The molecule has 3 aromatic heterocycles. The van der Waals surface area contributed by atoms with E-state index in [2.05, 4.69) is 13.0 Å². The molecule has 0 aliphatic heterocycles. The standard InChI is InChI=1S/C18H14N2O3Se/c1-11-10-13-17(24-11)16(14-8-9-15(23-14)18(21)22-2)19-20(13)12-6-4-3-5-7-12/h3-10H,1-2H3. The average molecular weight is 385 g/mol. The van der Waals surface area contributed by atoms with E-state index in [0.29, 0.717) is 5.76 Å². The molecule has 0 radical (unpaired) electrons. The fourth-order valence-electron chi connectivity index (χ4n) is 2.63. The number of hydrogen-bond acceptors (Lipinski definition) is 4. The molecule has 0 saturated heterocycles. The Kier molecular flexibility index (Phi) is 3.63. The van der Waals surface area contributed by atoms with Gasteiger partial charge in [-0.2, -0.15) is 0 Å². The van der Waals surface area contributed by atoms with Crippen LogP contribution in [-0.4, -0.2) is 37.4 Å². The van der Waals surface area contributed by atoms with E-state index in [1.165, 1.54) is 15.8 Å². The minimum atomic E-state index is -0.486. The quantitative estimate of drug-likeness (QED) is 0.401. The third-order valence-corrected chi connectivity index (χ3v) is 5.90. The van der Waals surface area contributed by atoms with E-state index in [4.69, 9.17) is 14.3 Å². The Morgan fingerprint density at radius 1 is 1.21 bits per heavy atom. The van der Waals surface area contributed by atoms with E-state index in [1.807, 2.05) is 35.0 Å². The van der Waals surface area contributed by atoms with Gasteiger partial charge in [0, 0.05) is 0 Å². The molecule has 0 saturated carbocycles. The van der Waals surface area contributed by atoms with Gasteiger partial charge >= 0.3 is 144 Å². The maximum absolute atomic E-state index is 11.6. The molecule has 24 heavy (non-hydrogen) atoms. The Balaban J connectivity index is 1.90. The molecular weight excluding hydrogens is 371 g/mol. The SMILES string of the molecule is COC(=O)c1ccc(-c2nn(-c3ccccc3)c3cc(C)[se]c23)o1. The summed E-state index contributed by atoms with van der Waals surface area (Å²) < 4.78 is 14.8. The van der Waals surface area contributed by atoms with E-state index in [-0.39, 0.29) is 20.3 Å². The van der Waals surface area contributed by atoms with Gasteiger partial charge in [0.25, 0.3) is 0 Å². The maximum atomic E-state index is 11.6. The second kappa shape index (κ2) is 5.82. The van der Waals surface area contributed by atoms with Crippen LogP contribution in [0.1, 0.15) is 15.0 Å². The molecule has 3 heterocycles. The van der Waals surface area contributed by atoms with Gasteiger partial charge in [-0.15, -0.1) is 0 Å². The Bertz CT molecular complexity index is 1030. The number of benzene rings is 1. The number of furan rings is 1. The molecule has 4 rings (SSSR count). The molecule has 6 heteroatoms. The predicted octanol–water partition coefficient (Wildman–Crippen LogP) is 3.44. The number of esters is 1. The predicted molar refractivity (Wildman–Crippen MR) is 91.8 cm³/mol. The van der Waals surface area contributed by atoms with Crippen molar-refractivity contribution in [1.82, 2.24) is 9.78 Å². The molecule has 0 spiro atoms. The van der Waals surface area contributed by atoms with Gasteiger partial charge in [0.2, 0.25) is 0 Å². The molecule has 4 aromatic rings. The van der Waals surface area contributed by atoms with Crippen molar-refractivity contribution in [2.75, 3.05) is 7.11 Å². The second-order valence-corrected chi connectivity index (χ2v) is 7.96. The van der Waals surface area contributed by atoms with Crippen molar-refractivity contribution in [3.8, 4) is 17.1 Å². The average Bonchev–Trinajstić information content (AvgIpc) is 3.29. The van der Waals surface area contributed by atoms with Crippen molar-refractivity contribution in [2.24, 2.45) is 0 Å². The zero-order valence-corrected chi connectivity index (χ0v) is 14.9. The van der Waals surface area contributed by atoms with Crippen molar-refractivity contribution in [3.63, 3.8) is 0 Å². The van der Waals surface area contributed by atoms with Gasteiger partial charge in [-0.05, 0) is 0 Å². The number of fused-ring (bicyclic) bond motifs is 1. The van der Waals surface area contributed by atoms with Gasteiger partial charge < -0.3 is 0 Å². The summed E-state index contributed by atoms with van der Waals surface area (Å²) in [5.41, 5.74) is 2.88. The van der Waals surface area contributed by atoms with Gasteiger partial charge in [0.15, 0.2) is 0 Å². The number of carbonyl (C=O) groups is 1. The summed E-state index contributed by atoms with van der Waals surface area (Å²) in [4.78, 5) is 11.6. The van der Waals surface area contributed by atoms with Crippen LogP contribution in [0.25, 0.3) is 26.9 Å². The van der Waals surface area contributed by atoms with Crippen molar-refractivity contribution in [2.45, 2.75) is 6.92 Å². The third-order valence-electron chi connectivity index (χ3n) is 3.71. The summed E-state index contributed by atoms with van der Waals surface area (Å²) in [6.07, 6.45) is 0. The number of ether oxygens (including phenoxy) is 1. The molecule has 120 valence electrons. The Morgan fingerprint density at radius 3 is 2.75 bits per heavy atom. The van der Waals surface area contributed by atoms with Crippen molar-refractivity contribution < 1.29 is 13.9 Å². The van der Waals surface area contributed by atoms with Crippen LogP contribution in [0, 0.1) is 6.92 Å². The molecular formula is C18H14N2O3Se. The first kappa shape index (κ1) is 15.0. The molecule has 0 amide bonds. The second-order valence-electron chi connectivity index (χ2n) is 5.32. The summed E-state index contributed by atoms with van der Waals surface area (Å²) in [6, 6.07) is 15.6. The van der Waals surface area contributed by atoms with Crippen LogP contribution in [0.4, 0.5) is 0 Å². The van der Waals surface area contributed by atoms with E-state index in [0.717, 1.165) is 16.9 Å². The van der Waals surface area contributed by atoms with Gasteiger partial charge in [0.05, 0.1) is 0 Å². The number of para-hydroxylation sites is 1. The molecule has 0 bridgehead atoms. The van der Waals surface area contributed by atoms with E-state index < -0.39 is 5.97 Å². The van der Waals surface area contributed by atoms with E-state index >= 15 is 0 Å². The van der Waals surface area contributed by atoms with Gasteiger partial charge in [0.1, 0.15) is 0 Å². The van der Waals surface area contributed by atoms with Crippen molar-refractivity contribution >= 4 is 30.2 Å². The van der Waals surface area contributed by atoms with Crippen LogP contribution in [-0.2, 0) is 4.74 Å². The summed E-state index contributed by atoms with van der Waals surface area (Å²) in [6.45, 7) is 2.13. The van der Waals surface area contributed by atoms with Crippen LogP contribution in [0.2, 0.25) is 0 Å². The van der Waals surface area contributed by atoms with Crippen molar-refractivity contribution in [3.05, 3.63) is 58.7 Å². The topological polar surface area (TPSA) is 57.3 Å². The van der Waals surface area contributed by atoms with Crippen LogP contribution in [0.3, 0.4) is 0 Å². The first-order chi connectivity index (χ1) is 11.7. The summed E-state index contributed by atoms with van der Waals surface area (Å²) in [5, 5.41) is 4.75. The summed E-state index contributed by atoms with van der Waals surface area (Å²) >= 11 is 0.204. The number of rotatable bonds is 3. The van der Waals surface area contributed by atoms with Crippen LogP contribution < -0.4 is 0 Å². The number of carbonyl (C=O) groups excluding carboxylic acids is 1. The zero-order chi connectivity index (χ0) is 16.7. The Hall–Kier alpha value is -2.56. The molecule has 1 aromatic carbocycles. The van der Waals surface area contributed by atoms with Crippen LogP contribution >= 0.6 is 0 Å². The van der Waals surface area contributed by atoms with Crippen LogP contribution in [0.5, 0.6) is 0 Å². The summed E-state index contributed by atoms with van der Waals surface area (Å²) in [7, 11) is 1.34. The molecule has 0 N–H and O–H groups in total. The Labute approximate surface area is 144 Å². The number of aryl methyl sites for hydroxylation is 1. The molecule has 0 unspecified atom stereocenters. The fraction of sp³-hybridized carbons (Fsp3) is 0.111. The number of methoxy groups -OCH3 is 1. The molecule has 0 aliphatic rings. The number of aromatic nitrogens is 2. The molecule has 0 aliphatic carbocycles. The summed E-state index contributed by atoms with van der Waals surface area (Å²) in [5.74, 6) is 0.289. The first-order valence-corrected chi connectivity index (χ1v) is 9.12. The zero-order valence-electron chi connectivity index (χ0n) is 13.1. The third kappa shape index (κ3) is 2.40.